The molecule has 0 spiro atoms. The molecule has 32 heavy (non-hydrogen) atoms. The number of pyridine rings is 3. The van der Waals surface area contributed by atoms with E-state index in [1.165, 1.54) is 0 Å². The third kappa shape index (κ3) is 3.78. The maximum absolute atomic E-state index is 13.1. The number of carbonyl (C=O) groups excluding carboxylic acids is 1. The number of nitrogens with zero attached hydrogens (tertiary/aromatic N) is 3. The molecule has 1 amide bonds. The predicted molar refractivity (Wildman–Crippen MR) is 118 cm³/mol. The van der Waals surface area contributed by atoms with Gasteiger partial charge in [0.1, 0.15) is 0 Å². The maximum atomic E-state index is 13.1. The summed E-state index contributed by atoms with van der Waals surface area (Å²) in [4.78, 5) is 34.5. The van der Waals surface area contributed by atoms with E-state index in [1.807, 2.05) is 30.3 Å². The summed E-state index contributed by atoms with van der Waals surface area (Å²) in [6.07, 6.45) is 5.12. The van der Waals surface area contributed by atoms with Gasteiger partial charge in [-0.15, -0.1) is 0 Å². The Kier molecular flexibility index (Phi) is 5.03. The number of aryl methyl sites for hydroxylation is 1. The Bertz CT molecular complexity index is 1380. The van der Waals surface area contributed by atoms with Crippen LogP contribution in [0.15, 0.2) is 65.8 Å². The van der Waals surface area contributed by atoms with E-state index in [1.54, 1.807) is 42.2 Å². The maximum Gasteiger partial charge on any atom is 0.260 e. The second-order valence-electron chi connectivity index (χ2n) is 7.53. The molecule has 1 aromatic carbocycles. The SMILES string of the molecule is Cc1nc2ccn(Cc3cccnc3)c(=O)c2cc1C(=O)NCc1ccc2c(c1)OCO2. The number of ether oxygens (including phenoxy) is 2. The van der Waals surface area contributed by atoms with E-state index in [-0.39, 0.29) is 18.3 Å². The van der Waals surface area contributed by atoms with E-state index in [0.717, 1.165) is 11.1 Å². The van der Waals surface area contributed by atoms with E-state index in [0.29, 0.717) is 46.7 Å². The summed E-state index contributed by atoms with van der Waals surface area (Å²) in [6.45, 7) is 2.66. The van der Waals surface area contributed by atoms with Crippen LogP contribution in [-0.2, 0) is 13.1 Å². The monoisotopic (exact) mass is 428 g/mol. The lowest BCUT2D eigenvalue weighted by atomic mass is 10.1. The highest BCUT2D eigenvalue weighted by atomic mass is 16.7. The number of hydrogen-bond acceptors (Lipinski definition) is 6. The van der Waals surface area contributed by atoms with Crippen molar-refractivity contribution in [2.45, 2.75) is 20.0 Å². The first-order valence-corrected chi connectivity index (χ1v) is 10.1. The van der Waals surface area contributed by atoms with Crippen molar-refractivity contribution in [3.05, 3.63) is 93.8 Å². The topological polar surface area (TPSA) is 95.3 Å². The normalized spacial score (nSPS) is 12.2. The molecule has 0 radical (unpaired) electrons. The average molecular weight is 428 g/mol. The Morgan fingerprint density at radius 3 is 2.84 bits per heavy atom. The van der Waals surface area contributed by atoms with Crippen LogP contribution in [0.1, 0.15) is 27.2 Å². The second-order valence-corrected chi connectivity index (χ2v) is 7.53. The molecular formula is C24H20N4O4. The van der Waals surface area contributed by atoms with Gasteiger partial charge >= 0.3 is 0 Å². The smallest absolute Gasteiger partial charge is 0.260 e. The van der Waals surface area contributed by atoms with Crippen LogP contribution >= 0.6 is 0 Å². The van der Waals surface area contributed by atoms with E-state index in [2.05, 4.69) is 15.3 Å². The lowest BCUT2D eigenvalue weighted by Crippen LogP contribution is -2.25. The van der Waals surface area contributed by atoms with Crippen LogP contribution in [0.4, 0.5) is 0 Å². The Labute approximate surface area is 183 Å². The largest absolute Gasteiger partial charge is 0.454 e. The zero-order valence-electron chi connectivity index (χ0n) is 17.4. The zero-order chi connectivity index (χ0) is 22.1. The van der Waals surface area contributed by atoms with Crippen LogP contribution in [0, 0.1) is 6.92 Å². The fourth-order valence-corrected chi connectivity index (χ4v) is 3.68. The summed E-state index contributed by atoms with van der Waals surface area (Å²) in [7, 11) is 0. The Morgan fingerprint density at radius 2 is 2.00 bits per heavy atom. The predicted octanol–water partition coefficient (Wildman–Crippen LogP) is 2.81. The number of fused-ring (bicyclic) bond motifs is 2. The Morgan fingerprint density at radius 1 is 1.12 bits per heavy atom. The highest BCUT2D eigenvalue weighted by Gasteiger charge is 2.16. The molecule has 0 fully saturated rings. The fraction of sp³-hybridized carbons (Fsp3) is 0.167. The Balaban J connectivity index is 1.40. The standard InChI is InChI=1S/C24H20N4O4/c1-15-18(23(29)26-12-16-4-5-21-22(9-16)32-14-31-21)10-19-20(27-15)6-8-28(24(19)30)13-17-3-2-7-25-11-17/h2-11H,12-14H2,1H3,(H,26,29). The highest BCUT2D eigenvalue weighted by molar-refractivity contribution is 5.98. The van der Waals surface area contributed by atoms with E-state index in [4.69, 9.17) is 9.47 Å². The first-order valence-electron chi connectivity index (χ1n) is 10.1. The van der Waals surface area contributed by atoms with Gasteiger partial charge < -0.3 is 19.4 Å². The zero-order valence-corrected chi connectivity index (χ0v) is 17.4. The van der Waals surface area contributed by atoms with Gasteiger partial charge in [-0.05, 0) is 48.4 Å². The van der Waals surface area contributed by atoms with Crippen molar-refractivity contribution in [2.75, 3.05) is 6.79 Å². The van der Waals surface area contributed by atoms with Gasteiger partial charge in [-0.3, -0.25) is 19.6 Å². The highest BCUT2D eigenvalue weighted by Crippen LogP contribution is 2.32. The molecule has 4 aromatic rings. The molecule has 8 heteroatoms. The summed E-state index contributed by atoms with van der Waals surface area (Å²) in [5.41, 5.74) is 3.08. The van der Waals surface area contributed by atoms with Crippen molar-refractivity contribution in [2.24, 2.45) is 0 Å². The van der Waals surface area contributed by atoms with Gasteiger partial charge in [-0.1, -0.05) is 12.1 Å². The van der Waals surface area contributed by atoms with Gasteiger partial charge in [0.05, 0.1) is 28.7 Å². The van der Waals surface area contributed by atoms with Gasteiger partial charge in [0.25, 0.3) is 11.5 Å². The van der Waals surface area contributed by atoms with Gasteiger partial charge in [-0.2, -0.15) is 0 Å². The molecule has 0 saturated carbocycles. The number of rotatable bonds is 5. The molecule has 0 saturated heterocycles. The van der Waals surface area contributed by atoms with Crippen LogP contribution in [0.2, 0.25) is 0 Å². The van der Waals surface area contributed by atoms with Crippen LogP contribution in [0.25, 0.3) is 10.9 Å². The summed E-state index contributed by atoms with van der Waals surface area (Å²) in [6, 6.07) is 12.7. The summed E-state index contributed by atoms with van der Waals surface area (Å²) >= 11 is 0. The molecule has 0 bridgehead atoms. The first kappa shape index (κ1) is 19.7. The van der Waals surface area contributed by atoms with Crippen LogP contribution in [-0.4, -0.2) is 27.2 Å². The molecule has 1 aliphatic rings. The van der Waals surface area contributed by atoms with E-state index in [9.17, 15) is 9.59 Å². The van der Waals surface area contributed by atoms with Crippen LogP contribution in [0.3, 0.4) is 0 Å². The molecule has 0 aliphatic carbocycles. The van der Waals surface area contributed by atoms with Gasteiger partial charge in [0.15, 0.2) is 11.5 Å². The molecule has 160 valence electrons. The molecule has 0 atom stereocenters. The lowest BCUT2D eigenvalue weighted by Gasteiger charge is -2.11. The summed E-state index contributed by atoms with van der Waals surface area (Å²) in [5, 5.41) is 3.29. The lowest BCUT2D eigenvalue weighted by molar-refractivity contribution is 0.0950. The van der Waals surface area contributed by atoms with Crippen molar-refractivity contribution < 1.29 is 14.3 Å². The van der Waals surface area contributed by atoms with Crippen LogP contribution in [0.5, 0.6) is 11.5 Å². The number of hydrogen-bond donors (Lipinski definition) is 1. The third-order valence-corrected chi connectivity index (χ3v) is 5.36. The second kappa shape index (κ2) is 8.14. The minimum Gasteiger partial charge on any atom is -0.454 e. The van der Waals surface area contributed by atoms with Gasteiger partial charge in [0, 0.05) is 25.1 Å². The van der Waals surface area contributed by atoms with Crippen molar-refractivity contribution in [3.8, 4) is 11.5 Å². The Hall–Kier alpha value is -4.20. The number of nitrogens with one attached hydrogen (secondary N) is 1. The number of aromatic nitrogens is 3. The van der Waals surface area contributed by atoms with Crippen molar-refractivity contribution >= 4 is 16.8 Å². The van der Waals surface area contributed by atoms with E-state index < -0.39 is 0 Å². The molecule has 5 rings (SSSR count). The minimum atomic E-state index is -0.295. The van der Waals surface area contributed by atoms with Crippen LogP contribution < -0.4 is 20.3 Å². The quantitative estimate of drug-likeness (QED) is 0.525. The van der Waals surface area contributed by atoms with Crippen molar-refractivity contribution in [1.82, 2.24) is 19.9 Å². The van der Waals surface area contributed by atoms with Crippen molar-refractivity contribution in [1.29, 1.82) is 0 Å². The van der Waals surface area contributed by atoms with Gasteiger partial charge in [0.2, 0.25) is 6.79 Å². The van der Waals surface area contributed by atoms with Gasteiger partial charge in [-0.25, -0.2) is 0 Å². The summed E-state index contributed by atoms with van der Waals surface area (Å²) in [5.74, 6) is 1.06. The number of amides is 1. The average Bonchev–Trinajstić information content (AvgIpc) is 3.28. The summed E-state index contributed by atoms with van der Waals surface area (Å²) < 4.78 is 12.3. The molecule has 1 aliphatic heterocycles. The molecular weight excluding hydrogens is 408 g/mol. The number of carbonyl (C=O) groups is 1. The molecule has 8 nitrogen and oxygen atoms in total. The molecule has 0 unspecified atom stereocenters. The van der Waals surface area contributed by atoms with E-state index >= 15 is 0 Å². The number of benzene rings is 1. The molecule has 3 aromatic heterocycles. The minimum absolute atomic E-state index is 0.200. The molecule has 4 heterocycles. The fourth-order valence-electron chi connectivity index (χ4n) is 3.68. The first-order chi connectivity index (χ1) is 15.6. The molecule has 1 N–H and O–H groups in total. The van der Waals surface area contributed by atoms with Crippen molar-refractivity contribution in [3.63, 3.8) is 0 Å². The third-order valence-electron chi connectivity index (χ3n) is 5.36.